The minimum atomic E-state index is -0.562. The molecule has 0 saturated heterocycles. The van der Waals surface area contributed by atoms with Crippen molar-refractivity contribution in [3.05, 3.63) is 121 Å². The highest BCUT2D eigenvalue weighted by Gasteiger charge is 2.34. The third-order valence-electron chi connectivity index (χ3n) is 5.84. The van der Waals surface area contributed by atoms with Crippen LogP contribution in [0.2, 0.25) is 0 Å². The van der Waals surface area contributed by atoms with Crippen LogP contribution in [-0.4, -0.2) is 20.5 Å². The van der Waals surface area contributed by atoms with Gasteiger partial charge in [0.15, 0.2) is 5.69 Å². The van der Waals surface area contributed by atoms with E-state index >= 15 is 0 Å². The average molecular weight is 482 g/mol. The quantitative estimate of drug-likeness (QED) is 0.395. The van der Waals surface area contributed by atoms with Gasteiger partial charge >= 0.3 is 5.56 Å². The zero-order chi connectivity index (χ0) is 24.1. The molecule has 0 radical (unpaired) electrons. The number of hydrogen-bond donors (Lipinski definition) is 0. The second-order valence-electron chi connectivity index (χ2n) is 7.94. The van der Waals surface area contributed by atoms with Crippen LogP contribution in [0.15, 0.2) is 88.5 Å². The Hall–Kier alpha value is -4.50. The summed E-state index contributed by atoms with van der Waals surface area (Å²) in [6, 6.07) is 22.0. The molecule has 0 N–H and O–H groups in total. The molecule has 0 aliphatic carbocycles. The number of benzene rings is 3. The van der Waals surface area contributed by atoms with E-state index in [1.807, 2.05) is 6.07 Å². The first-order chi connectivity index (χ1) is 17.0. The van der Waals surface area contributed by atoms with Crippen LogP contribution in [0.4, 0.5) is 10.1 Å². The van der Waals surface area contributed by atoms with Crippen LogP contribution < -0.4 is 20.6 Å². The smallest absolute Gasteiger partial charge is 0.300 e. The van der Waals surface area contributed by atoms with Crippen molar-refractivity contribution in [3.63, 3.8) is 0 Å². The van der Waals surface area contributed by atoms with E-state index in [0.29, 0.717) is 22.4 Å². The molecule has 7 nitrogen and oxygen atoms in total. The van der Waals surface area contributed by atoms with Crippen molar-refractivity contribution in [1.82, 2.24) is 14.6 Å². The number of anilines is 1. The van der Waals surface area contributed by atoms with Crippen molar-refractivity contribution in [2.45, 2.75) is 6.54 Å². The summed E-state index contributed by atoms with van der Waals surface area (Å²) >= 11 is 0.936. The Morgan fingerprint density at radius 1 is 0.857 bits per heavy atom. The van der Waals surface area contributed by atoms with Crippen molar-refractivity contribution in [2.24, 2.45) is 0 Å². The summed E-state index contributed by atoms with van der Waals surface area (Å²) in [5.74, 6) is -0.845. The van der Waals surface area contributed by atoms with E-state index in [0.717, 1.165) is 15.9 Å². The van der Waals surface area contributed by atoms with E-state index in [2.05, 4.69) is 10.1 Å². The van der Waals surface area contributed by atoms with Gasteiger partial charge in [0.05, 0.1) is 17.8 Å². The average Bonchev–Trinajstić information content (AvgIpc) is 3.33. The van der Waals surface area contributed by atoms with Crippen molar-refractivity contribution >= 4 is 33.5 Å². The highest BCUT2D eigenvalue weighted by Crippen LogP contribution is 2.36. The molecule has 5 aromatic rings. The van der Waals surface area contributed by atoms with Crippen molar-refractivity contribution in [2.75, 3.05) is 4.90 Å². The summed E-state index contributed by atoms with van der Waals surface area (Å²) in [5, 5.41) is 4.27. The Balaban J connectivity index is 1.57. The fourth-order valence-electron chi connectivity index (χ4n) is 4.19. The van der Waals surface area contributed by atoms with Crippen LogP contribution in [-0.2, 0) is 11.3 Å². The molecule has 35 heavy (non-hydrogen) atoms. The lowest BCUT2D eigenvalue weighted by Gasteiger charge is -2.17. The Morgan fingerprint density at radius 3 is 2.37 bits per heavy atom. The van der Waals surface area contributed by atoms with Gasteiger partial charge in [0.1, 0.15) is 10.3 Å². The molecular weight excluding hydrogens is 467 g/mol. The molecule has 0 unspecified atom stereocenters. The molecule has 0 atom stereocenters. The number of thiazole rings is 1. The van der Waals surface area contributed by atoms with Gasteiger partial charge in [-0.15, -0.1) is 0 Å². The van der Waals surface area contributed by atoms with Gasteiger partial charge in [0, 0.05) is 16.7 Å². The summed E-state index contributed by atoms with van der Waals surface area (Å²) in [7, 11) is 0. The molecule has 170 valence electrons. The minimum absolute atomic E-state index is 0.0115. The molecule has 6 rings (SSSR count). The predicted octanol–water partition coefficient (Wildman–Crippen LogP) is 2.78. The molecule has 3 heterocycles. The number of carbonyl (C=O) groups is 1. The van der Waals surface area contributed by atoms with Crippen molar-refractivity contribution in [1.29, 1.82) is 0 Å². The number of hydrogen-bond acceptors (Lipinski definition) is 6. The summed E-state index contributed by atoms with van der Waals surface area (Å²) < 4.78 is 15.5. The first kappa shape index (κ1) is 21.1. The molecule has 3 aromatic carbocycles. The maximum absolute atomic E-state index is 14.3. The number of rotatable bonds is 3. The molecule has 1 aliphatic rings. The first-order valence-corrected chi connectivity index (χ1v) is 11.5. The van der Waals surface area contributed by atoms with Gasteiger partial charge in [0.25, 0.3) is 11.5 Å². The zero-order valence-electron chi connectivity index (χ0n) is 18.0. The van der Waals surface area contributed by atoms with E-state index in [-0.39, 0.29) is 27.3 Å². The second kappa shape index (κ2) is 8.07. The Morgan fingerprint density at radius 2 is 1.57 bits per heavy atom. The third kappa shape index (κ3) is 3.36. The molecule has 2 aromatic heterocycles. The number of fused-ring (bicyclic) bond motifs is 2. The topological polar surface area (TPSA) is 84.6 Å². The SMILES string of the molecule is O=C1/C(=c2\sc3nc(=O)c(-c4ccccc4)nn3c2=O)c2ccccc2N1Cc1ccccc1F. The van der Waals surface area contributed by atoms with Crippen LogP contribution >= 0.6 is 11.3 Å². The van der Waals surface area contributed by atoms with Gasteiger partial charge in [-0.25, -0.2) is 4.39 Å². The van der Waals surface area contributed by atoms with Gasteiger partial charge in [-0.3, -0.25) is 14.4 Å². The Kier molecular flexibility index (Phi) is 4.85. The predicted molar refractivity (Wildman–Crippen MR) is 131 cm³/mol. The zero-order valence-corrected chi connectivity index (χ0v) is 18.8. The number of halogens is 1. The number of para-hydroxylation sites is 1. The van der Waals surface area contributed by atoms with Gasteiger partial charge < -0.3 is 4.90 Å². The van der Waals surface area contributed by atoms with Gasteiger partial charge in [-0.05, 0) is 12.1 Å². The molecule has 9 heteroatoms. The number of aromatic nitrogens is 3. The normalized spacial score (nSPS) is 14.5. The lowest BCUT2D eigenvalue weighted by molar-refractivity contribution is -0.113. The molecule has 0 fully saturated rings. The van der Waals surface area contributed by atoms with Crippen molar-refractivity contribution in [3.8, 4) is 11.3 Å². The van der Waals surface area contributed by atoms with E-state index in [4.69, 9.17) is 0 Å². The van der Waals surface area contributed by atoms with Crippen molar-refractivity contribution < 1.29 is 9.18 Å². The number of nitrogens with zero attached hydrogens (tertiary/aromatic N) is 4. The molecule has 1 aliphatic heterocycles. The Bertz CT molecular complexity index is 1810. The monoisotopic (exact) mass is 482 g/mol. The Labute approximate surface area is 201 Å². The standard InChI is InChI=1S/C26H15FN4O3S/c27-18-12-6-4-10-16(18)14-30-19-13-7-5-11-17(19)20(24(30)33)22-25(34)31-26(35-22)28-23(32)21(29-31)15-8-2-1-3-9-15/h1-13H,14H2/b22-20-. The van der Waals surface area contributed by atoms with Gasteiger partial charge in [0.2, 0.25) is 4.96 Å². The lowest BCUT2D eigenvalue weighted by Crippen LogP contribution is -2.33. The maximum Gasteiger partial charge on any atom is 0.300 e. The van der Waals surface area contributed by atoms with E-state index in [1.165, 1.54) is 11.0 Å². The van der Waals surface area contributed by atoms with Crippen LogP contribution in [0.5, 0.6) is 0 Å². The van der Waals surface area contributed by atoms with Crippen LogP contribution in [0.3, 0.4) is 0 Å². The molecule has 1 amide bonds. The molecular formula is C26H15FN4O3S. The highest BCUT2D eigenvalue weighted by atomic mass is 32.1. The minimum Gasteiger partial charge on any atom is -0.303 e. The molecule has 0 spiro atoms. The lowest BCUT2D eigenvalue weighted by atomic mass is 10.1. The fraction of sp³-hybridized carbons (Fsp3) is 0.0385. The largest absolute Gasteiger partial charge is 0.303 e. The third-order valence-corrected chi connectivity index (χ3v) is 6.87. The summed E-state index contributed by atoms with van der Waals surface area (Å²) in [4.78, 5) is 45.2. The molecule has 0 saturated carbocycles. The summed E-state index contributed by atoms with van der Waals surface area (Å²) in [5.41, 5.74) is 1.17. The van der Waals surface area contributed by atoms with Gasteiger partial charge in [-0.2, -0.15) is 14.6 Å². The van der Waals surface area contributed by atoms with Crippen LogP contribution in [0.25, 0.3) is 21.8 Å². The second-order valence-corrected chi connectivity index (χ2v) is 8.91. The van der Waals surface area contributed by atoms with E-state index < -0.39 is 22.8 Å². The maximum atomic E-state index is 14.3. The summed E-state index contributed by atoms with van der Waals surface area (Å²) in [6.45, 7) is 0.0115. The first-order valence-electron chi connectivity index (χ1n) is 10.7. The van der Waals surface area contributed by atoms with Crippen LogP contribution in [0, 0.1) is 5.82 Å². The van der Waals surface area contributed by atoms with Crippen LogP contribution in [0.1, 0.15) is 11.1 Å². The summed E-state index contributed by atoms with van der Waals surface area (Å²) in [6.07, 6.45) is 0. The molecule has 0 bridgehead atoms. The van der Waals surface area contributed by atoms with E-state index in [9.17, 15) is 18.8 Å². The fourth-order valence-corrected chi connectivity index (χ4v) is 5.19. The van der Waals surface area contributed by atoms with E-state index in [1.54, 1.807) is 66.7 Å². The number of carbonyl (C=O) groups excluding carboxylic acids is 1. The van der Waals surface area contributed by atoms with Gasteiger partial charge in [-0.1, -0.05) is 78.1 Å². The number of amides is 1. The highest BCUT2D eigenvalue weighted by molar-refractivity contribution is 7.15.